The summed E-state index contributed by atoms with van der Waals surface area (Å²) in [5.41, 5.74) is 6.67. The second kappa shape index (κ2) is 6.42. The Morgan fingerprint density at radius 3 is 2.42 bits per heavy atom. The van der Waals surface area contributed by atoms with Crippen LogP contribution >= 0.6 is 0 Å². The van der Waals surface area contributed by atoms with Crippen molar-refractivity contribution in [1.82, 2.24) is 9.71 Å². The summed E-state index contributed by atoms with van der Waals surface area (Å²) in [5.74, 6) is 1.17. The van der Waals surface area contributed by atoms with E-state index in [0.717, 1.165) is 24.4 Å². The molecular formula is C20H26N2O2. The van der Waals surface area contributed by atoms with Crippen LogP contribution in [0.2, 0.25) is 0 Å². The molecule has 4 heteroatoms. The van der Waals surface area contributed by atoms with Crippen LogP contribution in [0.3, 0.4) is 0 Å². The summed E-state index contributed by atoms with van der Waals surface area (Å²) in [7, 11) is 0. The van der Waals surface area contributed by atoms with Crippen molar-refractivity contribution in [2.45, 2.75) is 59.8 Å². The number of nitrogens with zero attached hydrogens (tertiary/aromatic N) is 2. The summed E-state index contributed by atoms with van der Waals surface area (Å²) in [6, 6.07) is 4.42. The lowest BCUT2D eigenvalue weighted by atomic mass is 9.79. The predicted octanol–water partition coefficient (Wildman–Crippen LogP) is 3.73. The normalized spacial score (nSPS) is 17.0. The van der Waals surface area contributed by atoms with E-state index in [0.29, 0.717) is 18.7 Å². The van der Waals surface area contributed by atoms with Gasteiger partial charge in [-0.05, 0) is 50.3 Å². The van der Waals surface area contributed by atoms with Crippen molar-refractivity contribution in [2.75, 3.05) is 6.61 Å². The summed E-state index contributed by atoms with van der Waals surface area (Å²) < 4.78 is 1.80. The van der Waals surface area contributed by atoms with Gasteiger partial charge in [0.2, 0.25) is 0 Å². The zero-order valence-corrected chi connectivity index (χ0v) is 15.3. The third-order valence-corrected chi connectivity index (χ3v) is 4.85. The topological polar surface area (TPSA) is 44.1 Å². The third kappa shape index (κ3) is 2.74. The van der Waals surface area contributed by atoms with Crippen molar-refractivity contribution in [1.29, 1.82) is 0 Å². The molecule has 3 rings (SSSR count). The van der Waals surface area contributed by atoms with Crippen molar-refractivity contribution in [2.24, 2.45) is 0 Å². The number of carbonyl (C=O) groups is 1. The van der Waals surface area contributed by atoms with Crippen molar-refractivity contribution in [3.63, 3.8) is 0 Å². The molecule has 1 unspecified atom stereocenters. The third-order valence-electron chi connectivity index (χ3n) is 4.85. The van der Waals surface area contributed by atoms with Gasteiger partial charge in [0.1, 0.15) is 18.1 Å². The lowest BCUT2D eigenvalue weighted by Gasteiger charge is -2.26. The summed E-state index contributed by atoms with van der Waals surface area (Å²) in [6.07, 6.45) is 2.09. The van der Waals surface area contributed by atoms with Crippen LogP contribution in [-0.4, -0.2) is 22.1 Å². The molecule has 1 aliphatic carbocycles. The van der Waals surface area contributed by atoms with Gasteiger partial charge in [-0.25, -0.2) is 4.98 Å². The standard InChI is InChI=1S/C20H26N2O2/c1-6-18-21-20-16(22(18)24-7-2)10-15(11-17(20)23)19-13(4)8-12(3)9-14(19)5/h8-9,15H,6-7,10-11H2,1-5H3. The zero-order valence-electron chi connectivity index (χ0n) is 15.3. The number of benzene rings is 1. The number of Topliss-reactive ketones (excluding diaryl/α,β-unsaturated/α-hetero) is 1. The van der Waals surface area contributed by atoms with Crippen LogP contribution in [-0.2, 0) is 12.8 Å². The Hall–Kier alpha value is -2.10. The molecule has 0 saturated carbocycles. The Labute approximate surface area is 143 Å². The highest BCUT2D eigenvalue weighted by Crippen LogP contribution is 2.36. The maximum atomic E-state index is 12.7. The number of imidazole rings is 1. The fourth-order valence-electron chi connectivity index (χ4n) is 4.06. The number of ketones is 1. The second-order valence-corrected chi connectivity index (χ2v) is 6.73. The van der Waals surface area contributed by atoms with Crippen LogP contribution in [0.4, 0.5) is 0 Å². The maximum absolute atomic E-state index is 12.7. The first-order chi connectivity index (χ1) is 11.5. The zero-order chi connectivity index (χ0) is 17.4. The molecule has 0 amide bonds. The Morgan fingerprint density at radius 1 is 1.17 bits per heavy atom. The van der Waals surface area contributed by atoms with E-state index in [4.69, 9.17) is 4.84 Å². The molecule has 0 spiro atoms. The van der Waals surface area contributed by atoms with Crippen LogP contribution in [0.5, 0.6) is 0 Å². The molecule has 128 valence electrons. The number of carbonyl (C=O) groups excluding carboxylic acids is 1. The number of hydrogen-bond donors (Lipinski definition) is 0. The molecule has 0 aliphatic heterocycles. The molecule has 0 radical (unpaired) electrons. The van der Waals surface area contributed by atoms with Gasteiger partial charge in [-0.2, -0.15) is 4.73 Å². The van der Waals surface area contributed by atoms with Gasteiger partial charge in [-0.15, -0.1) is 0 Å². The minimum atomic E-state index is 0.133. The molecule has 1 aliphatic rings. The van der Waals surface area contributed by atoms with Gasteiger partial charge in [-0.3, -0.25) is 4.79 Å². The van der Waals surface area contributed by atoms with Gasteiger partial charge in [0.05, 0.1) is 5.69 Å². The predicted molar refractivity (Wildman–Crippen MR) is 94.8 cm³/mol. The number of fused-ring (bicyclic) bond motifs is 1. The molecule has 0 bridgehead atoms. The van der Waals surface area contributed by atoms with Crippen LogP contribution in [0, 0.1) is 20.8 Å². The average Bonchev–Trinajstić information content (AvgIpc) is 2.85. The molecule has 0 N–H and O–H groups in total. The van der Waals surface area contributed by atoms with Gasteiger partial charge < -0.3 is 4.84 Å². The summed E-state index contributed by atoms with van der Waals surface area (Å²) in [6.45, 7) is 11.0. The van der Waals surface area contributed by atoms with Crippen LogP contribution in [0.15, 0.2) is 12.1 Å². The first-order valence-corrected chi connectivity index (χ1v) is 8.80. The van der Waals surface area contributed by atoms with Crippen molar-refractivity contribution in [3.8, 4) is 0 Å². The molecule has 1 atom stereocenters. The van der Waals surface area contributed by atoms with Gasteiger partial charge in [0.25, 0.3) is 0 Å². The first-order valence-electron chi connectivity index (χ1n) is 8.80. The highest BCUT2D eigenvalue weighted by atomic mass is 16.7. The van der Waals surface area contributed by atoms with E-state index >= 15 is 0 Å². The Balaban J connectivity index is 2.06. The minimum absolute atomic E-state index is 0.133. The van der Waals surface area contributed by atoms with Crippen LogP contribution in [0.1, 0.15) is 70.4 Å². The maximum Gasteiger partial charge on any atom is 0.183 e. The summed E-state index contributed by atoms with van der Waals surface area (Å²) in [5, 5.41) is 0. The van der Waals surface area contributed by atoms with Crippen molar-refractivity contribution < 1.29 is 9.63 Å². The van der Waals surface area contributed by atoms with Crippen LogP contribution in [0.25, 0.3) is 0 Å². The lowest BCUT2D eigenvalue weighted by Crippen LogP contribution is -2.24. The molecule has 2 aromatic rings. The minimum Gasteiger partial charge on any atom is -0.413 e. The second-order valence-electron chi connectivity index (χ2n) is 6.73. The summed E-state index contributed by atoms with van der Waals surface area (Å²) >= 11 is 0. The molecule has 0 saturated heterocycles. The number of rotatable bonds is 4. The largest absolute Gasteiger partial charge is 0.413 e. The molecule has 4 nitrogen and oxygen atoms in total. The van der Waals surface area contributed by atoms with E-state index in [-0.39, 0.29) is 11.7 Å². The Kier molecular flexibility index (Phi) is 4.48. The van der Waals surface area contributed by atoms with Crippen molar-refractivity contribution in [3.05, 3.63) is 51.6 Å². The smallest absolute Gasteiger partial charge is 0.183 e. The quantitative estimate of drug-likeness (QED) is 0.860. The molecule has 0 fully saturated rings. The SMILES string of the molecule is CCOn1c(CC)nc2c1CC(c1c(C)cc(C)cc1C)CC2=O. The average molecular weight is 326 g/mol. The molecule has 1 aromatic heterocycles. The number of aryl methyl sites for hydroxylation is 4. The highest BCUT2D eigenvalue weighted by Gasteiger charge is 2.33. The van der Waals surface area contributed by atoms with Crippen molar-refractivity contribution >= 4 is 5.78 Å². The first kappa shape index (κ1) is 16.7. The van der Waals surface area contributed by atoms with Gasteiger partial charge in [-0.1, -0.05) is 24.6 Å². The van der Waals surface area contributed by atoms with Gasteiger partial charge in [0, 0.05) is 19.3 Å². The Bertz CT molecular complexity index is 766. The molecule has 24 heavy (non-hydrogen) atoms. The van der Waals surface area contributed by atoms with E-state index in [1.165, 1.54) is 22.3 Å². The van der Waals surface area contributed by atoms with E-state index in [1.54, 1.807) is 4.73 Å². The fraction of sp³-hybridized carbons (Fsp3) is 0.500. The summed E-state index contributed by atoms with van der Waals surface area (Å²) in [4.78, 5) is 23.0. The van der Waals surface area contributed by atoms with E-state index in [1.807, 2.05) is 13.8 Å². The van der Waals surface area contributed by atoms with E-state index < -0.39 is 0 Å². The lowest BCUT2D eigenvalue weighted by molar-refractivity contribution is 0.0924. The number of aromatic nitrogens is 2. The van der Waals surface area contributed by atoms with Crippen LogP contribution < -0.4 is 4.84 Å². The fourth-order valence-corrected chi connectivity index (χ4v) is 4.06. The van der Waals surface area contributed by atoms with Gasteiger partial charge >= 0.3 is 0 Å². The van der Waals surface area contributed by atoms with E-state index in [9.17, 15) is 4.79 Å². The molecule has 1 aromatic carbocycles. The highest BCUT2D eigenvalue weighted by molar-refractivity contribution is 5.97. The molecular weight excluding hydrogens is 300 g/mol. The monoisotopic (exact) mass is 326 g/mol. The Morgan fingerprint density at radius 2 is 1.83 bits per heavy atom. The number of hydrogen-bond acceptors (Lipinski definition) is 3. The molecule has 1 heterocycles. The van der Waals surface area contributed by atoms with Gasteiger partial charge in [0.15, 0.2) is 5.78 Å². The van der Waals surface area contributed by atoms with E-state index in [2.05, 4.69) is 37.9 Å².